The molecule has 0 unspecified atom stereocenters. The topological polar surface area (TPSA) is 694 Å². The lowest BCUT2D eigenvalue weighted by molar-refractivity contribution is -0.143. The number of tetrazole rings is 1. The number of H-pyrrole nitrogens is 2. The number of hydrogen-bond acceptors (Lipinski definition) is 27. The summed E-state index contributed by atoms with van der Waals surface area (Å²) in [6.07, 6.45) is 14.7. The number of rotatable bonds is 58. The number of amides is 15. The maximum absolute atomic E-state index is 15.4. The Kier molecular flexibility index (Phi) is 53.1. The van der Waals surface area contributed by atoms with Gasteiger partial charge < -0.3 is 131 Å². The summed E-state index contributed by atoms with van der Waals surface area (Å²) >= 11 is 0. The third kappa shape index (κ3) is 43.2. The van der Waals surface area contributed by atoms with Crippen molar-refractivity contribution in [2.45, 2.75) is 291 Å². The molecule has 13 atom stereocenters. The molecule has 2 aliphatic rings. The van der Waals surface area contributed by atoms with Crippen LogP contribution in [0.15, 0.2) is 60.8 Å². The van der Waals surface area contributed by atoms with Gasteiger partial charge in [0.25, 0.3) is 0 Å². The van der Waals surface area contributed by atoms with E-state index in [0.717, 1.165) is 60.2 Å². The fourth-order valence-corrected chi connectivity index (χ4v) is 15.8. The number of ketones is 1. The highest BCUT2D eigenvalue weighted by molar-refractivity contribution is 6.01. The molecule has 4 aromatic rings. The number of hydrogen-bond donors (Lipinski definition) is 23. The number of primary amides is 1. The first-order chi connectivity index (χ1) is 66.3. The molecule has 2 aliphatic heterocycles. The van der Waals surface area contributed by atoms with Gasteiger partial charge in [0.1, 0.15) is 78.9 Å². The first-order valence-corrected chi connectivity index (χ1v) is 48.0. The molecule has 0 spiro atoms. The summed E-state index contributed by atoms with van der Waals surface area (Å²) in [5.74, 6) is -13.8. The second-order valence-electron chi connectivity index (χ2n) is 35.1. The number of aliphatic hydroxyl groups excluding tert-OH is 4. The number of carbonyl (C=O) groups excluding carboxylic acids is 16. The van der Waals surface area contributed by atoms with E-state index >= 15 is 19.2 Å². The number of Topliss-reactive ketones (excluding diaryl/α,β-unsaturated/α-hetero) is 1. The van der Waals surface area contributed by atoms with E-state index in [0.29, 0.717) is 24.0 Å². The zero-order valence-corrected chi connectivity index (χ0v) is 79.7. The van der Waals surface area contributed by atoms with Gasteiger partial charge in [0, 0.05) is 88.2 Å². The summed E-state index contributed by atoms with van der Waals surface area (Å²) < 4.78 is 10.9. The minimum absolute atomic E-state index is 0.0219. The van der Waals surface area contributed by atoms with E-state index in [2.05, 4.69) is 100 Å². The number of aromatic amines is 2. The number of para-hydroxylation sites is 1. The third-order valence-corrected chi connectivity index (χ3v) is 23.6. The summed E-state index contributed by atoms with van der Waals surface area (Å²) in [5.41, 5.74) is 12.9. The molecule has 0 saturated carbocycles. The van der Waals surface area contributed by atoms with Crippen molar-refractivity contribution >= 4 is 111 Å². The predicted molar refractivity (Wildman–Crippen MR) is 505 cm³/mol. The maximum atomic E-state index is 15.4. The van der Waals surface area contributed by atoms with Gasteiger partial charge in [-0.05, 0) is 126 Å². The van der Waals surface area contributed by atoms with Crippen LogP contribution < -0.4 is 85.9 Å². The van der Waals surface area contributed by atoms with Crippen LogP contribution in [0, 0.1) is 5.41 Å². The molecule has 766 valence electrons. The van der Waals surface area contributed by atoms with Gasteiger partial charge in [0.2, 0.25) is 88.6 Å². The highest BCUT2D eigenvalue weighted by Crippen LogP contribution is 2.24. The smallest absolute Gasteiger partial charge is 0.246 e. The van der Waals surface area contributed by atoms with Gasteiger partial charge in [-0.2, -0.15) is 0 Å². The van der Waals surface area contributed by atoms with Gasteiger partial charge in [-0.3, -0.25) is 82.1 Å². The Morgan fingerprint density at radius 2 is 1.14 bits per heavy atom. The van der Waals surface area contributed by atoms with Crippen LogP contribution in [0.1, 0.15) is 211 Å². The van der Waals surface area contributed by atoms with E-state index in [-0.39, 0.29) is 122 Å². The summed E-state index contributed by atoms with van der Waals surface area (Å²) in [6.45, 7) is -0.863. The van der Waals surface area contributed by atoms with Crippen LogP contribution in [0.2, 0.25) is 0 Å². The van der Waals surface area contributed by atoms with Crippen molar-refractivity contribution in [2.24, 2.45) is 11.5 Å². The molecular formula is C92H146N24O22. The minimum atomic E-state index is -1.96. The third-order valence-electron chi connectivity index (χ3n) is 23.6. The molecule has 2 aromatic heterocycles. The highest BCUT2D eigenvalue weighted by atomic mass is 16.5. The standard InChI is InChI=1S/C92H146N24O22/c1-5-6-31-65(81(126)106-69-38-40-79(124)96-42-26-25-32-63(58(2)120)101-86(131)71(50-60-52-99-64-33-24-23-30-62(60)64)107-82(127)66(34-27-43-98-92(94)95)103-85(130)70(49-59-28-19-18-20-29-59)108-90(135)75-51-61(121)53-116(75)91(69)136)102-84(129)68(41-45-115(3)4)105-88(133)73(55-118)110-89(134)74(56-119)109-83(128)67(37-39-76(93)122)104-87(132)72(54-117)100-80(125)57-138-48-47-137-46-44-97-78(123)36-22-17-15-13-11-9-7-8-10-12-14-16-21-35-77-111-113-114-112-77/h18-20,23-24,28-30,33,52,61,63,65-75,99,117-119,121H,5-17,21-22,25-27,31-32,34-51,53-57H2,1-4H3,(H2,93,122)(H,96,124)(H,97,123)(H,100,125)(H,101,131)(H,102,129)(H,103,130)(H,104,132)(H,105,133)(H,106,126)(H,107,127)(H,108,135)(H,109,128)(H,110,134)(H4,94,95,98)(H,111,112,113,114)/t61-,63+,65+,66+,67+,68+,69+,70-,71+,72+,73+,74-,75+/m1/s1. The zero-order valence-electron chi connectivity index (χ0n) is 79.7. The molecule has 46 heteroatoms. The molecule has 138 heavy (non-hydrogen) atoms. The Balaban J connectivity index is 1.07. The number of aryl methyl sites for hydroxylation is 1. The number of nitrogens with zero attached hydrogens (tertiary/aromatic N) is 5. The first-order valence-electron chi connectivity index (χ1n) is 48.0. The predicted octanol–water partition coefficient (Wildman–Crippen LogP) is -3.07. The van der Waals surface area contributed by atoms with Crippen LogP contribution in [0.3, 0.4) is 0 Å². The molecule has 2 saturated heterocycles. The second-order valence-corrected chi connectivity index (χ2v) is 35.1. The van der Waals surface area contributed by atoms with Crippen molar-refractivity contribution in [3.8, 4) is 0 Å². The van der Waals surface area contributed by atoms with Crippen LogP contribution in [0.25, 0.3) is 10.9 Å². The number of nitrogens with one attached hydrogen (secondary N) is 17. The van der Waals surface area contributed by atoms with Gasteiger partial charge in [-0.25, -0.2) is 5.10 Å². The normalized spacial score (nSPS) is 19.0. The number of nitrogens with two attached hydrogens (primary N) is 2. The Labute approximate surface area is 803 Å². The molecule has 46 nitrogen and oxygen atoms in total. The van der Waals surface area contributed by atoms with Crippen LogP contribution in [0.5, 0.6) is 0 Å². The monoisotopic (exact) mass is 1940 g/mol. The van der Waals surface area contributed by atoms with Crippen LogP contribution in [-0.4, -0.2) is 328 Å². The molecular weight excluding hydrogens is 1790 g/mol. The fraction of sp³-hybridized carbons (Fsp3) is 0.652. The first kappa shape index (κ1) is 114. The molecule has 0 aliphatic carbocycles. The molecule has 0 bridgehead atoms. The lowest BCUT2D eigenvalue weighted by Gasteiger charge is -2.31. The van der Waals surface area contributed by atoms with E-state index in [1.165, 1.54) is 58.3 Å². The van der Waals surface area contributed by atoms with Crippen molar-refractivity contribution in [2.75, 3.05) is 93.1 Å². The Hall–Kier alpha value is -12.2. The van der Waals surface area contributed by atoms with Gasteiger partial charge in [-0.15, -0.1) is 5.10 Å². The molecule has 25 N–H and O–H groups in total. The number of carbonyl (C=O) groups is 16. The van der Waals surface area contributed by atoms with Crippen molar-refractivity contribution in [3.05, 3.63) is 77.7 Å². The number of aliphatic hydroxyl groups is 4. The summed E-state index contributed by atoms with van der Waals surface area (Å²) in [4.78, 5) is 231. The number of benzene rings is 2. The van der Waals surface area contributed by atoms with Gasteiger partial charge in [0.15, 0.2) is 11.7 Å². The SMILES string of the molecule is CCCC[C@H](NC(=O)[C@H](CCN(C)C)NC(=O)[C@H](CO)NC(=O)[C@@H](CO)NC(=O)[C@H](CCC(N)=O)NC(=O)[C@H](CO)NC(=O)COCCOCCNC(=O)CCCCCCCCCCCCCCCc1nnn[nH]1)C(=O)N[C@H]1CCC(=O)NCCCC[C@@H](C(C)=O)NC(=O)[C@H](Cc2c[nH]c3ccccc23)NC(=O)[C@H](CCCNC(=N)N)NC(=O)[C@@H](Cc2ccccc2)NC(=O)[C@@H]2C[C@@H](O)CN2C1=O. The average Bonchev–Trinajstić information content (AvgIpc) is 1.65. The molecule has 15 amide bonds. The van der Waals surface area contributed by atoms with Gasteiger partial charge in [-0.1, -0.05) is 139 Å². The van der Waals surface area contributed by atoms with Crippen molar-refractivity contribution in [3.63, 3.8) is 0 Å². The summed E-state index contributed by atoms with van der Waals surface area (Å²) in [6, 6.07) is -3.39. The number of aromatic nitrogens is 5. The minimum Gasteiger partial charge on any atom is -0.394 e. The van der Waals surface area contributed by atoms with E-state index in [1.807, 2.05) is 18.2 Å². The summed E-state index contributed by atoms with van der Waals surface area (Å²) in [5, 5.41) is 101. The largest absolute Gasteiger partial charge is 0.394 e. The van der Waals surface area contributed by atoms with Gasteiger partial charge in [0.05, 0.1) is 51.8 Å². The molecule has 0 radical (unpaired) electrons. The fourth-order valence-electron chi connectivity index (χ4n) is 15.8. The summed E-state index contributed by atoms with van der Waals surface area (Å²) in [7, 11) is 3.29. The second kappa shape index (κ2) is 64.0. The molecule has 4 heterocycles. The number of unbranched alkanes of at least 4 members (excludes halogenated alkanes) is 13. The van der Waals surface area contributed by atoms with Crippen molar-refractivity contribution in [1.82, 2.24) is 110 Å². The van der Waals surface area contributed by atoms with E-state index in [4.69, 9.17) is 26.4 Å². The van der Waals surface area contributed by atoms with E-state index < -0.39 is 232 Å². The van der Waals surface area contributed by atoms with Gasteiger partial charge >= 0.3 is 0 Å². The molecule has 2 fully saturated rings. The number of fused-ring (bicyclic) bond motifs is 2. The number of guanidine groups is 1. The van der Waals surface area contributed by atoms with Crippen molar-refractivity contribution in [1.29, 1.82) is 5.41 Å². The highest BCUT2D eigenvalue weighted by Gasteiger charge is 2.44. The Morgan fingerprint density at radius 3 is 1.75 bits per heavy atom. The molecule has 2 aromatic carbocycles. The van der Waals surface area contributed by atoms with Crippen LogP contribution >= 0.6 is 0 Å². The zero-order chi connectivity index (χ0) is 101. The van der Waals surface area contributed by atoms with E-state index in [9.17, 15) is 78.0 Å². The lowest BCUT2D eigenvalue weighted by atomic mass is 10.0. The quantitative estimate of drug-likeness (QED) is 0.0118. The lowest BCUT2D eigenvalue weighted by Crippen LogP contribution is -2.61. The molecule has 6 rings (SSSR count). The van der Waals surface area contributed by atoms with Crippen LogP contribution in [0.4, 0.5) is 0 Å². The number of ether oxygens (including phenoxy) is 2. The Bertz CT molecular complexity index is 4510. The van der Waals surface area contributed by atoms with Crippen molar-refractivity contribution < 1.29 is 107 Å². The maximum Gasteiger partial charge on any atom is 0.246 e. The van der Waals surface area contributed by atoms with Crippen LogP contribution in [-0.2, 0) is 105 Å². The Morgan fingerprint density at radius 1 is 0.580 bits per heavy atom. The van der Waals surface area contributed by atoms with E-state index in [1.54, 1.807) is 68.5 Å². The average molecular weight is 1940 g/mol.